The van der Waals surface area contributed by atoms with Crippen molar-refractivity contribution in [1.29, 1.82) is 0 Å². The van der Waals surface area contributed by atoms with Crippen LogP contribution in [0.3, 0.4) is 0 Å². The molecule has 1 aromatic carbocycles. The Morgan fingerprint density at radius 2 is 2.21 bits per heavy atom. The first-order chi connectivity index (χ1) is 6.66. The summed E-state index contributed by atoms with van der Waals surface area (Å²) in [7, 11) is 0. The number of nitrogen functional groups attached to an aromatic ring is 1. The van der Waals surface area contributed by atoms with Gasteiger partial charge in [-0.2, -0.15) is 0 Å². The average Bonchev–Trinajstić information content (AvgIpc) is 2.45. The molecule has 14 heavy (non-hydrogen) atoms. The maximum absolute atomic E-state index is 5.97. The minimum atomic E-state index is 0.549. The van der Waals surface area contributed by atoms with Gasteiger partial charge in [0.1, 0.15) is 16.7 Å². The molecule has 3 nitrogen and oxygen atoms in total. The summed E-state index contributed by atoms with van der Waals surface area (Å²) < 4.78 is 0. The lowest BCUT2D eigenvalue weighted by Gasteiger charge is -1.98. The van der Waals surface area contributed by atoms with Gasteiger partial charge in [-0.3, -0.25) is 0 Å². The molecule has 4 heteroatoms. The van der Waals surface area contributed by atoms with Crippen LogP contribution in [0.15, 0.2) is 24.3 Å². The predicted molar refractivity (Wildman–Crippen MR) is 58.2 cm³/mol. The fraction of sp³-hybridized carbons (Fsp3) is 0.100. The van der Waals surface area contributed by atoms with Gasteiger partial charge in [-0.15, -0.1) is 0 Å². The molecular weight excluding hydrogens is 198 g/mol. The second kappa shape index (κ2) is 3.35. The minimum absolute atomic E-state index is 0.549. The largest absolute Gasteiger partial charge is 0.399 e. The van der Waals surface area contributed by atoms with E-state index in [1.807, 2.05) is 31.2 Å². The summed E-state index contributed by atoms with van der Waals surface area (Å²) in [5.41, 5.74) is 8.06. The first-order valence-corrected chi connectivity index (χ1v) is 4.62. The Morgan fingerprint density at radius 3 is 2.79 bits per heavy atom. The Labute approximate surface area is 86.9 Å². The number of nitrogens with one attached hydrogen (secondary N) is 1. The lowest BCUT2D eigenvalue weighted by atomic mass is 10.1. The molecule has 72 valence electrons. The molecule has 0 spiro atoms. The number of imidazole rings is 1. The first kappa shape index (κ1) is 9.09. The van der Waals surface area contributed by atoms with E-state index in [0.717, 1.165) is 17.1 Å². The number of aryl methyl sites for hydroxylation is 1. The maximum Gasteiger partial charge on any atom is 0.134 e. The highest BCUT2D eigenvalue weighted by atomic mass is 35.5. The number of nitrogens with two attached hydrogens (primary N) is 1. The molecule has 0 saturated heterocycles. The number of H-pyrrole nitrogens is 1. The van der Waals surface area contributed by atoms with Crippen molar-refractivity contribution >= 4 is 17.3 Å². The van der Waals surface area contributed by atoms with Crippen molar-refractivity contribution in [3.8, 4) is 11.3 Å². The third-order valence-corrected chi connectivity index (χ3v) is 2.21. The van der Waals surface area contributed by atoms with E-state index in [1.54, 1.807) is 0 Å². The van der Waals surface area contributed by atoms with Gasteiger partial charge in [0, 0.05) is 11.3 Å². The second-order valence-electron chi connectivity index (χ2n) is 3.11. The molecule has 2 rings (SSSR count). The number of anilines is 1. The van der Waals surface area contributed by atoms with Crippen LogP contribution in [0.4, 0.5) is 5.69 Å². The summed E-state index contributed by atoms with van der Waals surface area (Å²) >= 11 is 5.97. The van der Waals surface area contributed by atoms with Gasteiger partial charge in [0.15, 0.2) is 0 Å². The quantitative estimate of drug-likeness (QED) is 0.707. The summed E-state index contributed by atoms with van der Waals surface area (Å²) in [4.78, 5) is 7.22. The summed E-state index contributed by atoms with van der Waals surface area (Å²) in [6, 6.07) is 7.49. The number of rotatable bonds is 1. The van der Waals surface area contributed by atoms with Crippen LogP contribution in [0, 0.1) is 6.92 Å². The molecule has 0 amide bonds. The fourth-order valence-electron chi connectivity index (χ4n) is 1.34. The molecule has 0 aliphatic heterocycles. The number of benzene rings is 1. The lowest BCUT2D eigenvalue weighted by Crippen LogP contribution is -1.85. The lowest BCUT2D eigenvalue weighted by molar-refractivity contribution is 1.15. The van der Waals surface area contributed by atoms with E-state index < -0.39 is 0 Å². The molecule has 0 aliphatic rings. The third kappa shape index (κ3) is 1.59. The molecule has 3 N–H and O–H groups in total. The van der Waals surface area contributed by atoms with E-state index in [4.69, 9.17) is 17.3 Å². The zero-order valence-corrected chi connectivity index (χ0v) is 8.47. The molecule has 0 aliphatic carbocycles. The van der Waals surface area contributed by atoms with Crippen LogP contribution < -0.4 is 5.73 Å². The van der Waals surface area contributed by atoms with Gasteiger partial charge < -0.3 is 10.7 Å². The summed E-state index contributed by atoms with van der Waals surface area (Å²) in [6.45, 7) is 1.86. The number of aromatic amines is 1. The SMILES string of the molecule is Cc1nc(-c2cccc(N)c2)c(Cl)[nH]1. The van der Waals surface area contributed by atoms with Gasteiger partial charge in [0.05, 0.1) is 0 Å². The minimum Gasteiger partial charge on any atom is -0.399 e. The van der Waals surface area contributed by atoms with E-state index >= 15 is 0 Å². The van der Waals surface area contributed by atoms with Crippen LogP contribution in [-0.2, 0) is 0 Å². The normalized spacial score (nSPS) is 10.4. The average molecular weight is 208 g/mol. The van der Waals surface area contributed by atoms with E-state index in [-0.39, 0.29) is 0 Å². The van der Waals surface area contributed by atoms with Gasteiger partial charge in [-0.25, -0.2) is 4.98 Å². The van der Waals surface area contributed by atoms with Crippen LogP contribution in [0.5, 0.6) is 0 Å². The number of nitrogens with zero attached hydrogens (tertiary/aromatic N) is 1. The zero-order valence-electron chi connectivity index (χ0n) is 7.71. The molecule has 1 heterocycles. The van der Waals surface area contributed by atoms with E-state index in [1.165, 1.54) is 0 Å². The number of hydrogen-bond donors (Lipinski definition) is 2. The molecule has 0 atom stereocenters. The van der Waals surface area contributed by atoms with Gasteiger partial charge >= 0.3 is 0 Å². The van der Waals surface area contributed by atoms with Crippen molar-refractivity contribution in [2.24, 2.45) is 0 Å². The second-order valence-corrected chi connectivity index (χ2v) is 3.49. The number of aromatic nitrogens is 2. The van der Waals surface area contributed by atoms with Crippen molar-refractivity contribution < 1.29 is 0 Å². The van der Waals surface area contributed by atoms with E-state index in [0.29, 0.717) is 10.8 Å². The standard InChI is InChI=1S/C10H10ClN3/c1-6-13-9(10(11)14-6)7-3-2-4-8(12)5-7/h2-5H,12H2,1H3,(H,13,14). The number of halogens is 1. The van der Waals surface area contributed by atoms with Crippen molar-refractivity contribution in [3.63, 3.8) is 0 Å². The monoisotopic (exact) mass is 207 g/mol. The predicted octanol–water partition coefficient (Wildman–Crippen LogP) is 2.62. The van der Waals surface area contributed by atoms with Crippen molar-refractivity contribution in [2.45, 2.75) is 6.92 Å². The Bertz CT molecular complexity index is 462. The summed E-state index contributed by atoms with van der Waals surface area (Å²) in [5, 5.41) is 0.549. The van der Waals surface area contributed by atoms with Gasteiger partial charge in [0.25, 0.3) is 0 Å². The third-order valence-electron chi connectivity index (χ3n) is 1.94. The molecule has 0 saturated carbocycles. The molecule has 0 fully saturated rings. The molecule has 0 radical (unpaired) electrons. The summed E-state index contributed by atoms with van der Waals surface area (Å²) in [6.07, 6.45) is 0. The molecule has 1 aromatic heterocycles. The first-order valence-electron chi connectivity index (χ1n) is 4.25. The topological polar surface area (TPSA) is 54.7 Å². The van der Waals surface area contributed by atoms with E-state index in [2.05, 4.69) is 9.97 Å². The van der Waals surface area contributed by atoms with Gasteiger partial charge in [0.2, 0.25) is 0 Å². The van der Waals surface area contributed by atoms with Gasteiger partial charge in [-0.05, 0) is 19.1 Å². The fourth-order valence-corrected chi connectivity index (χ4v) is 1.63. The Balaban J connectivity index is 2.54. The van der Waals surface area contributed by atoms with Crippen LogP contribution in [0.1, 0.15) is 5.82 Å². The molecule has 2 aromatic rings. The van der Waals surface area contributed by atoms with Crippen LogP contribution in [0.25, 0.3) is 11.3 Å². The van der Waals surface area contributed by atoms with Crippen LogP contribution >= 0.6 is 11.6 Å². The van der Waals surface area contributed by atoms with E-state index in [9.17, 15) is 0 Å². The molecule has 0 bridgehead atoms. The van der Waals surface area contributed by atoms with Crippen LogP contribution in [-0.4, -0.2) is 9.97 Å². The van der Waals surface area contributed by atoms with Crippen molar-refractivity contribution in [2.75, 3.05) is 5.73 Å². The molecular formula is C10H10ClN3. The van der Waals surface area contributed by atoms with Crippen molar-refractivity contribution in [3.05, 3.63) is 35.2 Å². The highest BCUT2D eigenvalue weighted by molar-refractivity contribution is 6.31. The maximum atomic E-state index is 5.97. The van der Waals surface area contributed by atoms with Crippen molar-refractivity contribution in [1.82, 2.24) is 9.97 Å². The van der Waals surface area contributed by atoms with Crippen LogP contribution in [0.2, 0.25) is 5.15 Å². The Kier molecular flexibility index (Phi) is 2.17. The zero-order chi connectivity index (χ0) is 10.1. The van der Waals surface area contributed by atoms with Gasteiger partial charge in [-0.1, -0.05) is 23.7 Å². The highest BCUT2D eigenvalue weighted by Crippen LogP contribution is 2.26. The summed E-state index contributed by atoms with van der Waals surface area (Å²) in [5.74, 6) is 0.799. The Morgan fingerprint density at radius 1 is 1.43 bits per heavy atom. The highest BCUT2D eigenvalue weighted by Gasteiger charge is 2.07. The molecule has 0 unspecified atom stereocenters. The number of hydrogen-bond acceptors (Lipinski definition) is 2. The Hall–Kier alpha value is -1.48. The smallest absolute Gasteiger partial charge is 0.134 e.